The maximum Gasteiger partial charge on any atom is 0.338 e. The van der Waals surface area contributed by atoms with Crippen LogP contribution in [0.25, 0.3) is 0 Å². The largest absolute Gasteiger partial charge is 0.451 e. The number of alkyl halides is 2. The molecule has 3 atom stereocenters. The van der Waals surface area contributed by atoms with E-state index in [9.17, 15) is 19.2 Å². The Kier molecular flexibility index (Phi) is 5.95. The number of ketones is 1. The van der Waals surface area contributed by atoms with E-state index in [1.165, 1.54) is 19.1 Å². The SMILES string of the molecule is C[C@H](OC(=O)c1cccc(N2C(=O)[C@H]3[C@H](C2=O)C2(Cl)c4ccccc4C3(Cl)c3ccccc32)c1)C(=O)c1ccccc1. The third-order valence-corrected chi connectivity index (χ3v) is 9.92. The van der Waals surface area contributed by atoms with E-state index in [-0.39, 0.29) is 17.0 Å². The Morgan fingerprint density at radius 3 is 1.64 bits per heavy atom. The topological polar surface area (TPSA) is 80.8 Å². The average Bonchev–Trinajstić information content (AvgIpc) is 3.30. The number of hydrogen-bond acceptors (Lipinski definition) is 5. The summed E-state index contributed by atoms with van der Waals surface area (Å²) in [4.78, 5) is 52.7. The quantitative estimate of drug-likeness (QED) is 0.118. The number of ether oxygens (including phenoxy) is 1. The van der Waals surface area contributed by atoms with Gasteiger partial charge in [-0.3, -0.25) is 14.4 Å². The lowest BCUT2D eigenvalue weighted by molar-refractivity contribution is -0.122. The van der Waals surface area contributed by atoms with Crippen molar-refractivity contribution in [2.24, 2.45) is 11.8 Å². The molecule has 2 amide bonds. The molecule has 1 saturated heterocycles. The fraction of sp³-hybridized carbons (Fsp3) is 0.176. The number of anilines is 1. The fourth-order valence-electron chi connectivity index (χ4n) is 6.81. The van der Waals surface area contributed by atoms with Crippen LogP contribution in [0.4, 0.5) is 5.69 Å². The molecular formula is C34H23Cl2NO5. The summed E-state index contributed by atoms with van der Waals surface area (Å²) in [7, 11) is 0. The molecule has 4 aromatic carbocycles. The van der Waals surface area contributed by atoms with Crippen LogP contribution in [0.1, 0.15) is 49.9 Å². The Labute approximate surface area is 251 Å². The van der Waals surface area contributed by atoms with Crippen molar-refractivity contribution in [2.75, 3.05) is 4.90 Å². The summed E-state index contributed by atoms with van der Waals surface area (Å²) >= 11 is 15.0. The molecule has 8 rings (SSSR count). The van der Waals surface area contributed by atoms with E-state index in [2.05, 4.69) is 0 Å². The minimum Gasteiger partial charge on any atom is -0.451 e. The van der Waals surface area contributed by atoms with E-state index in [1.807, 2.05) is 48.5 Å². The van der Waals surface area contributed by atoms with Gasteiger partial charge in [0.1, 0.15) is 9.75 Å². The molecule has 0 radical (unpaired) electrons. The average molecular weight is 596 g/mol. The maximum atomic E-state index is 14.2. The van der Waals surface area contributed by atoms with Crippen LogP contribution < -0.4 is 4.90 Å². The van der Waals surface area contributed by atoms with Crippen molar-refractivity contribution in [1.82, 2.24) is 0 Å². The van der Waals surface area contributed by atoms with Gasteiger partial charge in [-0.1, -0.05) is 84.9 Å². The van der Waals surface area contributed by atoms with Gasteiger partial charge < -0.3 is 4.74 Å². The van der Waals surface area contributed by atoms with E-state index >= 15 is 0 Å². The number of carbonyl (C=O) groups excluding carboxylic acids is 4. The minimum absolute atomic E-state index is 0.0893. The van der Waals surface area contributed by atoms with Crippen LogP contribution in [0.15, 0.2) is 103 Å². The first-order chi connectivity index (χ1) is 20.2. The number of Topliss-reactive ketones (excluding diaryl/α,β-unsaturated/α-hetero) is 1. The first-order valence-corrected chi connectivity index (χ1v) is 14.3. The summed E-state index contributed by atoms with van der Waals surface area (Å²) in [5.74, 6) is -4.02. The summed E-state index contributed by atoms with van der Waals surface area (Å²) in [6.07, 6.45) is -1.04. The second kappa shape index (κ2) is 9.38. The zero-order valence-corrected chi connectivity index (χ0v) is 23.8. The molecule has 6 nitrogen and oxygen atoms in total. The lowest BCUT2D eigenvalue weighted by atomic mass is 9.54. The van der Waals surface area contributed by atoms with Gasteiger partial charge in [-0.05, 0) is 47.4 Å². The van der Waals surface area contributed by atoms with Crippen molar-refractivity contribution in [3.63, 3.8) is 0 Å². The van der Waals surface area contributed by atoms with Crippen molar-refractivity contribution >= 4 is 52.5 Å². The number of rotatable bonds is 5. The van der Waals surface area contributed by atoms with Crippen LogP contribution in [-0.2, 0) is 24.1 Å². The van der Waals surface area contributed by atoms with E-state index in [0.717, 1.165) is 4.90 Å². The molecule has 8 heteroatoms. The van der Waals surface area contributed by atoms with Gasteiger partial charge in [0.2, 0.25) is 17.6 Å². The molecule has 0 unspecified atom stereocenters. The number of hydrogen-bond donors (Lipinski definition) is 0. The third kappa shape index (κ3) is 3.45. The number of halogens is 2. The van der Waals surface area contributed by atoms with E-state index in [0.29, 0.717) is 27.8 Å². The minimum atomic E-state index is -1.31. The van der Waals surface area contributed by atoms with Gasteiger partial charge in [0.15, 0.2) is 6.10 Å². The maximum absolute atomic E-state index is 14.2. The molecule has 1 fully saturated rings. The molecule has 1 heterocycles. The Balaban J connectivity index is 1.25. The van der Waals surface area contributed by atoms with Gasteiger partial charge in [0, 0.05) is 5.56 Å². The van der Waals surface area contributed by atoms with Gasteiger partial charge in [0.25, 0.3) is 0 Å². The molecule has 42 heavy (non-hydrogen) atoms. The van der Waals surface area contributed by atoms with Gasteiger partial charge in [-0.25, -0.2) is 9.69 Å². The highest BCUT2D eigenvalue weighted by molar-refractivity contribution is 6.38. The van der Waals surface area contributed by atoms with E-state index in [1.54, 1.807) is 42.5 Å². The van der Waals surface area contributed by atoms with Gasteiger partial charge in [-0.15, -0.1) is 23.2 Å². The van der Waals surface area contributed by atoms with Crippen LogP contribution >= 0.6 is 23.2 Å². The monoisotopic (exact) mass is 595 g/mol. The summed E-state index contributed by atoms with van der Waals surface area (Å²) in [6, 6.07) is 29.4. The van der Waals surface area contributed by atoms with Crippen molar-refractivity contribution in [3.05, 3.63) is 137 Å². The molecule has 0 aromatic heterocycles. The standard InChI is InChI=1S/C34H23Cl2NO5/c1-19(29(38)20-10-3-2-4-11-20)42-32(41)21-12-9-13-22(18-21)37-30(39)27-28(31(37)40)34(36)24-15-6-5-14-23(24)33(27,35)25-16-7-8-17-26(25)34/h2-19,27-28H,1H3/t19-,27+,28+,33?,34?/m0/s1. The Hall–Kier alpha value is -4.26. The molecule has 0 saturated carbocycles. The highest BCUT2D eigenvalue weighted by Crippen LogP contribution is 2.69. The number of benzene rings is 4. The number of imide groups is 1. The van der Waals surface area contributed by atoms with Crippen molar-refractivity contribution in [2.45, 2.75) is 22.8 Å². The van der Waals surface area contributed by atoms with Crippen molar-refractivity contribution in [1.29, 1.82) is 0 Å². The van der Waals surface area contributed by atoms with Crippen molar-refractivity contribution < 1.29 is 23.9 Å². The first kappa shape index (κ1) is 26.6. The zero-order valence-electron chi connectivity index (χ0n) is 22.3. The molecule has 4 aromatic rings. The summed E-state index contributed by atoms with van der Waals surface area (Å²) in [5.41, 5.74) is 3.54. The second-order valence-electron chi connectivity index (χ2n) is 10.8. The predicted molar refractivity (Wildman–Crippen MR) is 158 cm³/mol. The molecule has 0 spiro atoms. The highest BCUT2D eigenvalue weighted by atomic mass is 35.5. The summed E-state index contributed by atoms with van der Waals surface area (Å²) in [6.45, 7) is 1.50. The Morgan fingerprint density at radius 2 is 1.14 bits per heavy atom. The van der Waals surface area contributed by atoms with Crippen LogP contribution in [0.5, 0.6) is 0 Å². The lowest BCUT2D eigenvalue weighted by Crippen LogP contribution is -2.57. The number of carbonyl (C=O) groups is 4. The smallest absolute Gasteiger partial charge is 0.338 e. The van der Waals surface area contributed by atoms with Gasteiger partial charge >= 0.3 is 5.97 Å². The Morgan fingerprint density at radius 1 is 0.690 bits per heavy atom. The molecule has 1 aliphatic heterocycles. The van der Waals surface area contributed by atoms with Gasteiger partial charge in [0.05, 0.1) is 23.1 Å². The fourth-order valence-corrected chi connectivity index (χ4v) is 7.91. The van der Waals surface area contributed by atoms with Crippen molar-refractivity contribution in [3.8, 4) is 0 Å². The molecule has 208 valence electrons. The third-order valence-electron chi connectivity index (χ3n) is 8.64. The number of nitrogens with zero attached hydrogens (tertiary/aromatic N) is 1. The second-order valence-corrected chi connectivity index (χ2v) is 12.0. The molecule has 3 aliphatic carbocycles. The highest BCUT2D eigenvalue weighted by Gasteiger charge is 2.73. The van der Waals surface area contributed by atoms with Crippen LogP contribution in [0.2, 0.25) is 0 Å². The molecule has 0 N–H and O–H groups in total. The molecule has 2 bridgehead atoms. The van der Waals surface area contributed by atoms with E-state index < -0.39 is 45.5 Å². The predicted octanol–water partition coefficient (Wildman–Crippen LogP) is 6.21. The number of esters is 1. The van der Waals surface area contributed by atoms with Gasteiger partial charge in [-0.2, -0.15) is 0 Å². The lowest BCUT2D eigenvalue weighted by Gasteiger charge is -2.54. The summed E-state index contributed by atoms with van der Waals surface area (Å²) in [5, 5.41) is 0. The zero-order chi connectivity index (χ0) is 29.4. The molecular weight excluding hydrogens is 573 g/mol. The number of amides is 2. The normalized spacial score (nSPS) is 25.8. The van der Waals surface area contributed by atoms with Crippen LogP contribution in [0, 0.1) is 11.8 Å². The molecule has 4 aliphatic rings. The first-order valence-electron chi connectivity index (χ1n) is 13.5. The Bertz CT molecular complexity index is 1700. The summed E-state index contributed by atoms with van der Waals surface area (Å²) < 4.78 is 5.46. The van der Waals surface area contributed by atoms with Crippen LogP contribution in [0.3, 0.4) is 0 Å². The van der Waals surface area contributed by atoms with Crippen LogP contribution in [-0.4, -0.2) is 29.7 Å². The van der Waals surface area contributed by atoms with E-state index in [4.69, 9.17) is 27.9 Å².